The van der Waals surface area contributed by atoms with Gasteiger partial charge in [0.15, 0.2) is 11.2 Å². The largest absolute Gasteiger partial charge is 0.453 e. The van der Waals surface area contributed by atoms with Crippen LogP contribution in [0.25, 0.3) is 187 Å². The van der Waals surface area contributed by atoms with Gasteiger partial charge in [-0.15, -0.1) is 0 Å². The zero-order valence-electron chi connectivity index (χ0n) is 60.2. The fraction of sp³-hybridized carbons (Fsp3) is 0.0192. The summed E-state index contributed by atoms with van der Waals surface area (Å²) in [5.74, 6) is 0. The van der Waals surface area contributed by atoms with Crippen LogP contribution >= 0.6 is 0 Å². The Labute approximate surface area is 633 Å². The number of aromatic nitrogens is 2. The molecule has 17 aromatic carbocycles. The van der Waals surface area contributed by atoms with Gasteiger partial charge in [-0.25, -0.2) is 0 Å². The van der Waals surface area contributed by atoms with Crippen molar-refractivity contribution in [1.29, 1.82) is 0 Å². The molecule has 6 heterocycles. The average molecular weight is 1400 g/mol. The maximum Gasteiger partial charge on any atom is 0.159 e. The third-order valence-electron chi connectivity index (χ3n) is 23.4. The summed E-state index contributed by atoms with van der Waals surface area (Å²) in [6.45, 7) is 4.39. The summed E-state index contributed by atoms with van der Waals surface area (Å²) >= 11 is 0. The molecule has 0 saturated heterocycles. The maximum atomic E-state index is 7.16. The fourth-order valence-electron chi connectivity index (χ4n) is 18.7. The number of aryl methyl sites for hydroxylation is 2. The Kier molecular flexibility index (Phi) is 13.5. The smallest absolute Gasteiger partial charge is 0.159 e. The zero-order chi connectivity index (χ0) is 72.4. The Balaban J connectivity index is 0.709. The molecule has 514 valence electrons. The van der Waals surface area contributed by atoms with Crippen molar-refractivity contribution in [2.24, 2.45) is 0 Å². The van der Waals surface area contributed by atoms with Gasteiger partial charge in [0, 0.05) is 110 Å². The Morgan fingerprint density at radius 3 is 0.882 bits per heavy atom. The molecule has 6 heteroatoms. The lowest BCUT2D eigenvalue weighted by atomic mass is 9.89. The number of furan rings is 2. The van der Waals surface area contributed by atoms with Crippen LogP contribution in [-0.4, -0.2) is 8.80 Å². The third-order valence-corrected chi connectivity index (χ3v) is 23.4. The van der Waals surface area contributed by atoms with E-state index in [4.69, 9.17) is 8.83 Å². The van der Waals surface area contributed by atoms with E-state index in [1.165, 1.54) is 110 Å². The van der Waals surface area contributed by atoms with E-state index in [1.54, 1.807) is 0 Å². The first-order valence-corrected chi connectivity index (χ1v) is 37.9. The first-order valence-electron chi connectivity index (χ1n) is 37.9. The molecule has 0 fully saturated rings. The number of hydrogen-bond donors (Lipinski definition) is 0. The van der Waals surface area contributed by atoms with Gasteiger partial charge in [-0.3, -0.25) is 0 Å². The number of nitrogens with zero attached hydrogens (tertiary/aromatic N) is 4. The minimum Gasteiger partial charge on any atom is -0.453 e. The van der Waals surface area contributed by atoms with Gasteiger partial charge >= 0.3 is 0 Å². The summed E-state index contributed by atoms with van der Waals surface area (Å²) in [5, 5.41) is 14.2. The van der Waals surface area contributed by atoms with Gasteiger partial charge in [-0.1, -0.05) is 303 Å². The second kappa shape index (κ2) is 24.0. The quantitative estimate of drug-likeness (QED) is 0.122. The second-order valence-corrected chi connectivity index (χ2v) is 29.4. The van der Waals surface area contributed by atoms with Crippen LogP contribution in [0.2, 0.25) is 0 Å². The van der Waals surface area contributed by atoms with Gasteiger partial charge in [0.2, 0.25) is 0 Å². The Bertz CT molecular complexity index is 7160. The average Bonchev–Trinajstić information content (AvgIpc) is 1.49. The first-order chi connectivity index (χ1) is 54.5. The van der Waals surface area contributed by atoms with Crippen molar-refractivity contribution in [3.05, 3.63) is 375 Å². The summed E-state index contributed by atoms with van der Waals surface area (Å²) in [4.78, 5) is 4.75. The zero-order valence-corrected chi connectivity index (χ0v) is 60.2. The number of anilines is 6. The summed E-state index contributed by atoms with van der Waals surface area (Å²) in [5.41, 5.74) is 32.9. The molecule has 0 bridgehead atoms. The van der Waals surface area contributed by atoms with E-state index in [-0.39, 0.29) is 0 Å². The molecule has 23 rings (SSSR count). The fourth-order valence-corrected chi connectivity index (χ4v) is 18.7. The molecule has 0 N–H and O–H groups in total. The van der Waals surface area contributed by atoms with Crippen LogP contribution in [0.5, 0.6) is 0 Å². The molecule has 110 heavy (non-hydrogen) atoms. The van der Waals surface area contributed by atoms with Gasteiger partial charge in [-0.2, -0.15) is 0 Å². The monoisotopic (exact) mass is 1400 g/mol. The first kappa shape index (κ1) is 61.8. The molecule has 6 nitrogen and oxygen atoms in total. The highest BCUT2D eigenvalue weighted by atomic mass is 16.3. The van der Waals surface area contributed by atoms with Crippen molar-refractivity contribution >= 4 is 154 Å². The molecular formula is C104H66N4O2. The van der Waals surface area contributed by atoms with Crippen molar-refractivity contribution < 1.29 is 8.83 Å². The molecular weight excluding hydrogens is 1340 g/mol. The number of hydrogen-bond acceptors (Lipinski definition) is 4. The topological polar surface area (TPSA) is 41.6 Å². The Morgan fingerprint density at radius 1 is 0.209 bits per heavy atom. The third kappa shape index (κ3) is 8.93. The summed E-state index contributed by atoms with van der Waals surface area (Å²) in [6.07, 6.45) is 0. The lowest BCUT2D eigenvalue weighted by molar-refractivity contribution is 0.669. The minimum absolute atomic E-state index is 0.858. The molecule has 0 unspecified atom stereocenters. The number of para-hydroxylation sites is 6. The van der Waals surface area contributed by atoms with E-state index in [9.17, 15) is 0 Å². The Morgan fingerprint density at radius 2 is 0.500 bits per heavy atom. The standard InChI is InChI=1S/C104H66N4O2/c1-63-51-61-81-79-43-21-41-77(65-27-9-3-10-28-65)101(79)109-103(81)95(63)105(71-35-17-7-18-36-71)73-57-53-67(54-58-73)75-39-25-49-87-91(75)83-45-23-47-85-93-90(70-33-15-6-16-34-70)100-94(89(69-31-13-5-14-32-69)99(93)107(87)97(83)85)86-48-24-46-84-92-76(40-26-50-88(92)108(100)98(84)86)68-55-59-74(60-56-68)106(72-37-19-8-20-38-72)96-64(2)52-62-82-80-44-22-42-78(102(80)110-104(82)96)66-29-11-4-12-30-66/h3-62H,1-2H3. The van der Waals surface area contributed by atoms with Crippen LogP contribution in [0.3, 0.4) is 0 Å². The molecule has 0 aliphatic rings. The van der Waals surface area contributed by atoms with E-state index in [0.717, 1.165) is 123 Å². The van der Waals surface area contributed by atoms with Crippen molar-refractivity contribution in [2.45, 2.75) is 13.8 Å². The summed E-state index contributed by atoms with van der Waals surface area (Å²) in [6, 6.07) is 133. The summed E-state index contributed by atoms with van der Waals surface area (Å²) < 4.78 is 19.6. The number of benzene rings is 17. The van der Waals surface area contributed by atoms with Crippen molar-refractivity contribution in [1.82, 2.24) is 8.80 Å². The lowest BCUT2D eigenvalue weighted by Crippen LogP contribution is -2.11. The van der Waals surface area contributed by atoms with Gasteiger partial charge in [0.1, 0.15) is 11.2 Å². The number of fused-ring (bicyclic) bond motifs is 18. The van der Waals surface area contributed by atoms with Gasteiger partial charge in [0.05, 0.1) is 44.5 Å². The van der Waals surface area contributed by atoms with E-state index in [1.807, 2.05) is 0 Å². The minimum atomic E-state index is 0.858. The predicted octanol–water partition coefficient (Wildman–Crippen LogP) is 29.3. The Hall–Kier alpha value is -14.5. The molecule has 0 radical (unpaired) electrons. The van der Waals surface area contributed by atoms with E-state index < -0.39 is 0 Å². The van der Waals surface area contributed by atoms with Crippen LogP contribution in [0, 0.1) is 13.8 Å². The van der Waals surface area contributed by atoms with Gasteiger partial charge in [-0.05, 0) is 130 Å². The predicted molar refractivity (Wildman–Crippen MR) is 462 cm³/mol. The van der Waals surface area contributed by atoms with Gasteiger partial charge in [0.25, 0.3) is 0 Å². The van der Waals surface area contributed by atoms with Crippen LogP contribution in [-0.2, 0) is 0 Å². The molecule has 0 aliphatic heterocycles. The van der Waals surface area contributed by atoms with E-state index >= 15 is 0 Å². The summed E-state index contributed by atoms with van der Waals surface area (Å²) in [7, 11) is 0. The SMILES string of the molecule is Cc1ccc2c(oc3c(-c4ccccc4)cccc32)c1N(c1ccccc1)c1ccc(-c2cccc3c2c2cccc4c5c(-c6ccccc6)c6c(c(-c7ccccc7)c5n3c24)c2cccc3c4c(-c5ccc(N(c7ccccc7)c7c(C)ccc8c7oc7c(-c9ccccc9)cccc78)cc5)cccc4n6c32)cc1. The van der Waals surface area contributed by atoms with Crippen molar-refractivity contribution in [2.75, 3.05) is 9.80 Å². The lowest BCUT2D eigenvalue weighted by Gasteiger charge is -2.27. The maximum absolute atomic E-state index is 7.16. The molecule has 23 aromatic rings. The van der Waals surface area contributed by atoms with E-state index in [0.29, 0.717) is 0 Å². The highest BCUT2D eigenvalue weighted by Crippen LogP contribution is 2.57. The van der Waals surface area contributed by atoms with Crippen LogP contribution in [0.1, 0.15) is 11.1 Å². The molecule has 0 saturated carbocycles. The molecule has 6 aromatic heterocycles. The van der Waals surface area contributed by atoms with Crippen LogP contribution in [0.15, 0.2) is 373 Å². The highest BCUT2D eigenvalue weighted by Gasteiger charge is 2.33. The molecule has 0 aliphatic carbocycles. The van der Waals surface area contributed by atoms with E-state index in [2.05, 4.69) is 396 Å². The normalized spacial score (nSPS) is 12.1. The van der Waals surface area contributed by atoms with Crippen LogP contribution < -0.4 is 9.80 Å². The molecule has 0 amide bonds. The van der Waals surface area contributed by atoms with Crippen molar-refractivity contribution in [3.8, 4) is 66.8 Å². The van der Waals surface area contributed by atoms with Crippen molar-refractivity contribution in [3.63, 3.8) is 0 Å². The van der Waals surface area contributed by atoms with Crippen LogP contribution in [0.4, 0.5) is 34.1 Å². The molecule has 0 spiro atoms. The van der Waals surface area contributed by atoms with Gasteiger partial charge < -0.3 is 27.4 Å². The number of rotatable bonds is 12. The molecule has 0 atom stereocenters. The second-order valence-electron chi connectivity index (χ2n) is 29.4. The highest BCUT2D eigenvalue weighted by molar-refractivity contribution is 6.39.